The first-order valence-corrected chi connectivity index (χ1v) is 7.30. The lowest BCUT2D eigenvalue weighted by Gasteiger charge is -2.20. The van der Waals surface area contributed by atoms with E-state index >= 15 is 0 Å². The van der Waals surface area contributed by atoms with Gasteiger partial charge in [0.05, 0.1) is 13.2 Å². The van der Waals surface area contributed by atoms with Crippen LogP contribution >= 0.6 is 15.9 Å². The Balaban J connectivity index is 2.38. The third-order valence-corrected chi connectivity index (χ3v) is 3.22. The molecule has 1 aromatic carbocycles. The van der Waals surface area contributed by atoms with Gasteiger partial charge in [0.1, 0.15) is 12.4 Å². The average molecular weight is 359 g/mol. The van der Waals surface area contributed by atoms with E-state index in [9.17, 15) is 9.59 Å². The first-order chi connectivity index (χ1) is 9.95. The fourth-order valence-electron chi connectivity index (χ4n) is 1.51. The summed E-state index contributed by atoms with van der Waals surface area (Å²) in [4.78, 5) is 24.6. The molecule has 1 aromatic rings. The highest BCUT2D eigenvalue weighted by atomic mass is 79.9. The first-order valence-electron chi connectivity index (χ1n) is 6.51. The van der Waals surface area contributed by atoms with E-state index in [1.54, 1.807) is 14.0 Å². The molecule has 0 spiro atoms. The summed E-state index contributed by atoms with van der Waals surface area (Å²) in [5, 5.41) is 0. The number of carbonyl (C=O) groups is 2. The smallest absolute Gasteiger partial charge is 0.332 e. The maximum absolute atomic E-state index is 11.9. The van der Waals surface area contributed by atoms with Crippen molar-refractivity contribution >= 4 is 27.8 Å². The summed E-state index contributed by atoms with van der Waals surface area (Å²) < 4.78 is 11.2. The highest BCUT2D eigenvalue weighted by Gasteiger charge is 2.26. The Morgan fingerprint density at radius 1 is 1.33 bits per heavy atom. The van der Waals surface area contributed by atoms with E-state index in [0.29, 0.717) is 18.9 Å². The number of amides is 1. The largest absolute Gasteiger partial charge is 0.492 e. The summed E-state index contributed by atoms with van der Waals surface area (Å²) in [6.07, 6.45) is 0. The summed E-state index contributed by atoms with van der Waals surface area (Å²) in [7, 11) is 1.56. The number of ether oxygens (including phenoxy) is 2. The maximum atomic E-state index is 11.9. The van der Waals surface area contributed by atoms with E-state index in [-0.39, 0.29) is 6.61 Å². The van der Waals surface area contributed by atoms with E-state index in [0.717, 1.165) is 4.47 Å². The predicted molar refractivity (Wildman–Crippen MR) is 81.9 cm³/mol. The molecule has 1 rings (SSSR count). The van der Waals surface area contributed by atoms with Gasteiger partial charge in [-0.2, -0.15) is 0 Å². The van der Waals surface area contributed by atoms with Gasteiger partial charge in [0.25, 0.3) is 5.91 Å². The Morgan fingerprint density at radius 3 is 2.52 bits per heavy atom. The molecule has 0 aliphatic carbocycles. The highest BCUT2D eigenvalue weighted by molar-refractivity contribution is 9.10. The molecule has 2 N–H and O–H groups in total. The third-order valence-electron chi connectivity index (χ3n) is 2.69. The predicted octanol–water partition coefficient (Wildman–Crippen LogP) is 1.18. The maximum Gasteiger partial charge on any atom is 0.332 e. The highest BCUT2D eigenvalue weighted by Crippen LogP contribution is 2.15. The van der Waals surface area contributed by atoms with Crippen LogP contribution < -0.4 is 10.5 Å². The van der Waals surface area contributed by atoms with Crippen molar-refractivity contribution in [1.29, 1.82) is 0 Å². The van der Waals surface area contributed by atoms with E-state index in [1.165, 1.54) is 4.90 Å². The van der Waals surface area contributed by atoms with Crippen LogP contribution in [0.25, 0.3) is 0 Å². The molecule has 1 atom stereocenters. The third kappa shape index (κ3) is 5.73. The Kier molecular flexibility index (Phi) is 7.18. The second-order valence-corrected chi connectivity index (χ2v) is 5.21. The number of hydrogen-bond acceptors (Lipinski definition) is 5. The zero-order chi connectivity index (χ0) is 15.8. The average Bonchev–Trinajstić information content (AvgIpc) is 2.47. The summed E-state index contributed by atoms with van der Waals surface area (Å²) in [6, 6.07) is 6.07. The molecule has 116 valence electrons. The van der Waals surface area contributed by atoms with Crippen molar-refractivity contribution in [1.82, 2.24) is 4.90 Å². The fraction of sp³-hybridized carbons (Fsp3) is 0.429. The van der Waals surface area contributed by atoms with Gasteiger partial charge in [-0.15, -0.1) is 0 Å². The van der Waals surface area contributed by atoms with E-state index in [2.05, 4.69) is 15.9 Å². The SMILES string of the molecule is CCOC(=O)C(N)C(=O)N(C)CCOc1ccc(Br)cc1. The number of likely N-dealkylation sites (N-methyl/N-ethyl adjacent to an activating group) is 1. The van der Waals surface area contributed by atoms with Crippen molar-refractivity contribution in [2.24, 2.45) is 5.73 Å². The number of nitrogens with zero attached hydrogens (tertiary/aromatic N) is 1. The van der Waals surface area contributed by atoms with Gasteiger partial charge in [-0.3, -0.25) is 4.79 Å². The standard InChI is InChI=1S/C14H19BrN2O4/c1-3-20-14(19)12(16)13(18)17(2)8-9-21-11-6-4-10(15)5-7-11/h4-7,12H,3,8-9,16H2,1-2H3. The van der Waals surface area contributed by atoms with Crippen LogP contribution in [0, 0.1) is 0 Å². The van der Waals surface area contributed by atoms with Crippen LogP contribution in [0.1, 0.15) is 6.92 Å². The molecule has 0 radical (unpaired) electrons. The molecule has 0 heterocycles. The van der Waals surface area contributed by atoms with Crippen molar-refractivity contribution in [3.05, 3.63) is 28.7 Å². The Labute approximate surface area is 132 Å². The van der Waals surface area contributed by atoms with Gasteiger partial charge < -0.3 is 20.1 Å². The number of hydrogen-bond donors (Lipinski definition) is 1. The molecule has 0 bridgehead atoms. The van der Waals surface area contributed by atoms with Gasteiger partial charge in [0.2, 0.25) is 0 Å². The zero-order valence-electron chi connectivity index (χ0n) is 12.0. The quantitative estimate of drug-likeness (QED) is 0.584. The lowest BCUT2D eigenvalue weighted by Crippen LogP contribution is -2.48. The number of rotatable bonds is 7. The van der Waals surface area contributed by atoms with Gasteiger partial charge >= 0.3 is 5.97 Å². The van der Waals surface area contributed by atoms with Crippen molar-refractivity contribution < 1.29 is 19.1 Å². The van der Waals surface area contributed by atoms with Gasteiger partial charge in [-0.05, 0) is 31.2 Å². The van der Waals surface area contributed by atoms with Gasteiger partial charge in [-0.1, -0.05) is 15.9 Å². The van der Waals surface area contributed by atoms with Crippen LogP contribution in [0.15, 0.2) is 28.7 Å². The lowest BCUT2D eigenvalue weighted by molar-refractivity contribution is -0.150. The monoisotopic (exact) mass is 358 g/mol. The molecule has 0 saturated heterocycles. The van der Waals surface area contributed by atoms with E-state index in [1.807, 2.05) is 24.3 Å². The normalized spacial score (nSPS) is 11.6. The van der Waals surface area contributed by atoms with Crippen LogP contribution in [0.4, 0.5) is 0 Å². The molecule has 7 heteroatoms. The Hall–Kier alpha value is -1.60. The minimum Gasteiger partial charge on any atom is -0.492 e. The van der Waals surface area contributed by atoms with Crippen molar-refractivity contribution in [3.63, 3.8) is 0 Å². The fourth-order valence-corrected chi connectivity index (χ4v) is 1.78. The van der Waals surface area contributed by atoms with Crippen LogP contribution in [0.2, 0.25) is 0 Å². The first kappa shape index (κ1) is 17.5. The Bertz CT molecular complexity index is 478. The van der Waals surface area contributed by atoms with Crippen LogP contribution in [0.3, 0.4) is 0 Å². The second-order valence-electron chi connectivity index (χ2n) is 4.29. The van der Waals surface area contributed by atoms with Crippen molar-refractivity contribution in [2.45, 2.75) is 13.0 Å². The molecule has 21 heavy (non-hydrogen) atoms. The molecule has 0 aliphatic heterocycles. The molecule has 0 fully saturated rings. The van der Waals surface area contributed by atoms with E-state index < -0.39 is 17.9 Å². The van der Waals surface area contributed by atoms with Crippen molar-refractivity contribution in [3.8, 4) is 5.75 Å². The Morgan fingerprint density at radius 2 is 1.95 bits per heavy atom. The topological polar surface area (TPSA) is 81.9 Å². The molecule has 0 aromatic heterocycles. The van der Waals surface area contributed by atoms with Gasteiger partial charge in [0, 0.05) is 11.5 Å². The van der Waals surface area contributed by atoms with Gasteiger partial charge in [0.15, 0.2) is 6.04 Å². The number of carbonyl (C=O) groups excluding carboxylic acids is 2. The lowest BCUT2D eigenvalue weighted by atomic mass is 10.3. The zero-order valence-corrected chi connectivity index (χ0v) is 13.6. The minimum atomic E-state index is -1.29. The number of esters is 1. The number of benzene rings is 1. The molecule has 1 unspecified atom stereocenters. The summed E-state index contributed by atoms with van der Waals surface area (Å²) in [5.74, 6) is -0.509. The number of halogens is 1. The summed E-state index contributed by atoms with van der Waals surface area (Å²) >= 11 is 3.33. The molecule has 0 saturated carbocycles. The molecular formula is C14H19BrN2O4. The van der Waals surface area contributed by atoms with Crippen LogP contribution in [-0.4, -0.2) is 49.6 Å². The molecule has 0 aliphatic rings. The van der Waals surface area contributed by atoms with Crippen LogP contribution in [0.5, 0.6) is 5.75 Å². The van der Waals surface area contributed by atoms with E-state index in [4.69, 9.17) is 15.2 Å². The molecular weight excluding hydrogens is 340 g/mol. The summed E-state index contributed by atoms with van der Waals surface area (Å²) in [6.45, 7) is 2.47. The van der Waals surface area contributed by atoms with Gasteiger partial charge in [-0.25, -0.2) is 4.79 Å². The minimum absolute atomic E-state index is 0.191. The number of nitrogens with two attached hydrogens (primary N) is 1. The molecule has 1 amide bonds. The summed E-state index contributed by atoms with van der Waals surface area (Å²) in [5.41, 5.74) is 5.54. The molecule has 6 nitrogen and oxygen atoms in total. The van der Waals surface area contributed by atoms with Crippen molar-refractivity contribution in [2.75, 3.05) is 26.8 Å². The second kappa shape index (κ2) is 8.63. The van der Waals surface area contributed by atoms with Crippen LogP contribution in [-0.2, 0) is 14.3 Å².